The number of hydrogen-bond acceptors (Lipinski definition) is 6. The molecule has 3 aromatic rings. The highest BCUT2D eigenvalue weighted by molar-refractivity contribution is 6.04. The standard InChI is InChI=1S/C29H32N2O5/c32-19-20-6-8-21(9-7-20)27-16-26(18-31-15-14-25(33)17-31)35-29(36-27)23-10-12-24(13-11-23)30-28(34)22-4-2-1-3-5-22/h1-13,25-27,29,32-33H,14-19H2,(H,30,34)/t25-,26-,27+,29+/m0/s1. The Hall–Kier alpha value is -3.07. The second-order valence-electron chi connectivity index (χ2n) is 9.49. The Balaban J connectivity index is 1.31. The van der Waals surface area contributed by atoms with Gasteiger partial charge in [-0.15, -0.1) is 0 Å². The third-order valence-electron chi connectivity index (χ3n) is 6.80. The number of carbonyl (C=O) groups excluding carboxylic acids is 1. The molecule has 0 saturated carbocycles. The summed E-state index contributed by atoms with van der Waals surface area (Å²) in [5.74, 6) is -0.159. The van der Waals surface area contributed by atoms with E-state index in [1.807, 2.05) is 66.7 Å². The monoisotopic (exact) mass is 488 g/mol. The van der Waals surface area contributed by atoms with Crippen molar-refractivity contribution < 1.29 is 24.5 Å². The van der Waals surface area contributed by atoms with Gasteiger partial charge in [0.05, 0.1) is 24.9 Å². The Morgan fingerprint density at radius 1 is 0.944 bits per heavy atom. The molecular formula is C29H32N2O5. The molecule has 0 unspecified atom stereocenters. The summed E-state index contributed by atoms with van der Waals surface area (Å²) >= 11 is 0. The number of hydrogen-bond donors (Lipinski definition) is 3. The summed E-state index contributed by atoms with van der Waals surface area (Å²) in [4.78, 5) is 14.7. The minimum Gasteiger partial charge on any atom is -0.392 e. The fraction of sp³-hybridized carbons (Fsp3) is 0.345. The van der Waals surface area contributed by atoms with Gasteiger partial charge in [-0.05, 0) is 41.8 Å². The number of aliphatic hydroxyl groups excluding tert-OH is 2. The molecule has 2 fully saturated rings. The molecule has 188 valence electrons. The summed E-state index contributed by atoms with van der Waals surface area (Å²) in [5.41, 5.74) is 4.07. The lowest BCUT2D eigenvalue weighted by atomic mass is 9.99. The van der Waals surface area contributed by atoms with Crippen molar-refractivity contribution in [2.45, 2.75) is 44.1 Å². The minimum atomic E-state index is -0.558. The number of rotatable bonds is 7. The first-order chi connectivity index (χ1) is 17.6. The number of ether oxygens (including phenoxy) is 2. The molecule has 0 aromatic heterocycles. The van der Waals surface area contributed by atoms with E-state index < -0.39 is 6.29 Å². The molecule has 7 nitrogen and oxygen atoms in total. The zero-order valence-electron chi connectivity index (χ0n) is 20.1. The zero-order chi connectivity index (χ0) is 24.9. The molecule has 2 aliphatic rings. The second kappa shape index (κ2) is 11.3. The molecule has 2 aliphatic heterocycles. The molecule has 2 saturated heterocycles. The summed E-state index contributed by atoms with van der Waals surface area (Å²) in [5, 5.41) is 22.3. The third-order valence-corrected chi connectivity index (χ3v) is 6.80. The lowest BCUT2D eigenvalue weighted by Gasteiger charge is -2.37. The van der Waals surface area contributed by atoms with Crippen molar-refractivity contribution >= 4 is 11.6 Å². The van der Waals surface area contributed by atoms with E-state index in [1.165, 1.54) is 0 Å². The van der Waals surface area contributed by atoms with Crippen molar-refractivity contribution in [3.8, 4) is 0 Å². The SMILES string of the molecule is O=C(Nc1ccc([C@@H]2O[C@H](CN3CC[C@H](O)C3)C[C@H](c3ccc(CO)cc3)O2)cc1)c1ccccc1. The largest absolute Gasteiger partial charge is 0.392 e. The summed E-state index contributed by atoms with van der Waals surface area (Å²) in [6.45, 7) is 2.26. The van der Waals surface area contributed by atoms with Gasteiger partial charge in [0.15, 0.2) is 6.29 Å². The molecule has 3 N–H and O–H groups in total. The van der Waals surface area contributed by atoms with Crippen LogP contribution in [-0.2, 0) is 16.1 Å². The summed E-state index contributed by atoms with van der Waals surface area (Å²) < 4.78 is 12.8. The van der Waals surface area contributed by atoms with Gasteiger partial charge in [-0.25, -0.2) is 0 Å². The van der Waals surface area contributed by atoms with Crippen LogP contribution in [0.2, 0.25) is 0 Å². The number of carbonyl (C=O) groups is 1. The van der Waals surface area contributed by atoms with Gasteiger partial charge in [0.2, 0.25) is 0 Å². The first-order valence-corrected chi connectivity index (χ1v) is 12.4. The average Bonchev–Trinajstić information content (AvgIpc) is 3.33. The quantitative estimate of drug-likeness (QED) is 0.465. The minimum absolute atomic E-state index is 0.00457. The maximum Gasteiger partial charge on any atom is 0.255 e. The second-order valence-corrected chi connectivity index (χ2v) is 9.49. The molecule has 1 amide bonds. The van der Waals surface area contributed by atoms with Crippen molar-refractivity contribution in [1.82, 2.24) is 4.90 Å². The summed E-state index contributed by atoms with van der Waals surface area (Å²) in [6.07, 6.45) is 0.432. The Morgan fingerprint density at radius 3 is 2.33 bits per heavy atom. The van der Waals surface area contributed by atoms with Gasteiger partial charge in [-0.1, -0.05) is 54.6 Å². The van der Waals surface area contributed by atoms with Gasteiger partial charge in [0.25, 0.3) is 5.91 Å². The molecule has 2 heterocycles. The van der Waals surface area contributed by atoms with Gasteiger partial charge in [0, 0.05) is 42.9 Å². The van der Waals surface area contributed by atoms with Crippen molar-refractivity contribution in [1.29, 1.82) is 0 Å². The van der Waals surface area contributed by atoms with E-state index >= 15 is 0 Å². The highest BCUT2D eigenvalue weighted by Gasteiger charge is 2.34. The molecule has 4 atom stereocenters. The molecule has 0 bridgehead atoms. The Kier molecular flexibility index (Phi) is 7.75. The predicted octanol–water partition coefficient (Wildman–Crippen LogP) is 4.04. The molecule has 5 rings (SSSR count). The van der Waals surface area contributed by atoms with Crippen LogP contribution in [0.15, 0.2) is 78.9 Å². The van der Waals surface area contributed by atoms with Crippen LogP contribution in [0, 0.1) is 0 Å². The molecule has 7 heteroatoms. The lowest BCUT2D eigenvalue weighted by molar-refractivity contribution is -0.252. The molecule has 0 aliphatic carbocycles. The molecule has 3 aromatic carbocycles. The number of aliphatic hydroxyl groups is 2. The first-order valence-electron chi connectivity index (χ1n) is 12.4. The normalized spacial score (nSPS) is 24.5. The van der Waals surface area contributed by atoms with Crippen LogP contribution in [0.3, 0.4) is 0 Å². The summed E-state index contributed by atoms with van der Waals surface area (Å²) in [6, 6.07) is 24.5. The Morgan fingerprint density at radius 2 is 1.67 bits per heavy atom. The topological polar surface area (TPSA) is 91.3 Å². The van der Waals surface area contributed by atoms with E-state index in [9.17, 15) is 15.0 Å². The van der Waals surface area contributed by atoms with Crippen LogP contribution in [0.25, 0.3) is 0 Å². The van der Waals surface area contributed by atoms with E-state index in [0.717, 1.165) is 36.2 Å². The Labute approximate surface area is 211 Å². The van der Waals surface area contributed by atoms with Gasteiger partial charge < -0.3 is 25.0 Å². The van der Waals surface area contributed by atoms with Crippen LogP contribution < -0.4 is 5.32 Å². The molecule has 36 heavy (non-hydrogen) atoms. The first kappa shape index (κ1) is 24.6. The number of likely N-dealkylation sites (tertiary alicyclic amines) is 1. The number of nitrogens with one attached hydrogen (secondary N) is 1. The number of nitrogens with zero attached hydrogens (tertiary/aromatic N) is 1. The number of benzene rings is 3. The van der Waals surface area contributed by atoms with E-state index in [4.69, 9.17) is 9.47 Å². The fourth-order valence-corrected chi connectivity index (χ4v) is 4.82. The van der Waals surface area contributed by atoms with Gasteiger partial charge in [0.1, 0.15) is 0 Å². The van der Waals surface area contributed by atoms with Crippen molar-refractivity contribution in [2.75, 3.05) is 25.0 Å². The van der Waals surface area contributed by atoms with E-state index in [0.29, 0.717) is 24.2 Å². The van der Waals surface area contributed by atoms with Crippen LogP contribution in [0.5, 0.6) is 0 Å². The van der Waals surface area contributed by atoms with Crippen LogP contribution in [0.1, 0.15) is 52.3 Å². The Bertz CT molecular complexity index is 1140. The van der Waals surface area contributed by atoms with Crippen LogP contribution in [0.4, 0.5) is 5.69 Å². The molecule has 0 radical (unpaired) electrons. The molecule has 0 spiro atoms. The lowest BCUT2D eigenvalue weighted by Crippen LogP contribution is -2.38. The number of amides is 1. The van der Waals surface area contributed by atoms with Gasteiger partial charge in [-0.2, -0.15) is 0 Å². The smallest absolute Gasteiger partial charge is 0.255 e. The number of anilines is 1. The van der Waals surface area contributed by atoms with Crippen molar-refractivity contribution in [2.24, 2.45) is 0 Å². The maximum atomic E-state index is 12.5. The number of β-amino-alcohol motifs (C(OH)–C–C–N with tert-alkyl or cyclic N) is 1. The van der Waals surface area contributed by atoms with Gasteiger partial charge >= 0.3 is 0 Å². The molecular weight excluding hydrogens is 456 g/mol. The highest BCUT2D eigenvalue weighted by Crippen LogP contribution is 2.38. The average molecular weight is 489 g/mol. The summed E-state index contributed by atoms with van der Waals surface area (Å²) in [7, 11) is 0. The third kappa shape index (κ3) is 6.00. The van der Waals surface area contributed by atoms with Crippen LogP contribution in [-0.4, -0.2) is 52.9 Å². The highest BCUT2D eigenvalue weighted by atomic mass is 16.7. The van der Waals surface area contributed by atoms with E-state index in [1.54, 1.807) is 12.1 Å². The zero-order valence-corrected chi connectivity index (χ0v) is 20.1. The van der Waals surface area contributed by atoms with E-state index in [-0.39, 0.29) is 30.8 Å². The van der Waals surface area contributed by atoms with E-state index in [2.05, 4.69) is 10.2 Å². The fourth-order valence-electron chi connectivity index (χ4n) is 4.82. The van der Waals surface area contributed by atoms with Gasteiger partial charge in [-0.3, -0.25) is 9.69 Å². The predicted molar refractivity (Wildman–Crippen MR) is 136 cm³/mol. The van der Waals surface area contributed by atoms with Crippen molar-refractivity contribution in [3.05, 3.63) is 101 Å². The van der Waals surface area contributed by atoms with Crippen LogP contribution >= 0.6 is 0 Å². The van der Waals surface area contributed by atoms with Crippen molar-refractivity contribution in [3.63, 3.8) is 0 Å². The maximum absolute atomic E-state index is 12.5.